The molecule has 0 bridgehead atoms. The van der Waals surface area contributed by atoms with Gasteiger partial charge in [0.15, 0.2) is 5.82 Å². The summed E-state index contributed by atoms with van der Waals surface area (Å²) in [6.07, 6.45) is 0. The van der Waals surface area contributed by atoms with E-state index in [9.17, 15) is 5.11 Å². The van der Waals surface area contributed by atoms with Crippen LogP contribution in [0.1, 0.15) is 0 Å². The predicted octanol–water partition coefficient (Wildman–Crippen LogP) is 1.20. The van der Waals surface area contributed by atoms with Crippen LogP contribution >= 0.6 is 23.2 Å². The van der Waals surface area contributed by atoms with E-state index in [-0.39, 0.29) is 18.5 Å². The Hall–Kier alpha value is -1.67. The van der Waals surface area contributed by atoms with E-state index < -0.39 is 0 Å². The van der Waals surface area contributed by atoms with E-state index >= 15 is 0 Å². The Morgan fingerprint density at radius 3 is 2.91 bits per heavy atom. The SMILES string of the molecule is Nc1nc(N2CCNC[C@H]2CO)nnc1-c1cccc(Cl)c1Cl. The van der Waals surface area contributed by atoms with Crippen molar-refractivity contribution in [1.82, 2.24) is 20.5 Å². The van der Waals surface area contributed by atoms with Gasteiger partial charge in [-0.3, -0.25) is 0 Å². The van der Waals surface area contributed by atoms with Gasteiger partial charge in [-0.25, -0.2) is 0 Å². The van der Waals surface area contributed by atoms with E-state index in [1.165, 1.54) is 0 Å². The average Bonchev–Trinajstić information content (AvgIpc) is 2.57. The lowest BCUT2D eigenvalue weighted by atomic mass is 10.1. The Morgan fingerprint density at radius 2 is 2.17 bits per heavy atom. The van der Waals surface area contributed by atoms with Crippen molar-refractivity contribution < 1.29 is 5.11 Å². The van der Waals surface area contributed by atoms with Crippen LogP contribution in [-0.2, 0) is 0 Å². The highest BCUT2D eigenvalue weighted by Gasteiger charge is 2.25. The predicted molar refractivity (Wildman–Crippen MR) is 90.8 cm³/mol. The summed E-state index contributed by atoms with van der Waals surface area (Å²) in [4.78, 5) is 6.22. The third-order valence-corrected chi connectivity index (χ3v) is 4.55. The summed E-state index contributed by atoms with van der Waals surface area (Å²) in [7, 11) is 0. The molecule has 9 heteroatoms. The molecule has 122 valence electrons. The Bertz CT molecular complexity index is 714. The van der Waals surface area contributed by atoms with Gasteiger partial charge in [0, 0.05) is 25.2 Å². The quantitative estimate of drug-likeness (QED) is 0.761. The number of hydrogen-bond donors (Lipinski definition) is 3. The van der Waals surface area contributed by atoms with Gasteiger partial charge in [0.25, 0.3) is 0 Å². The minimum absolute atomic E-state index is 0.00185. The van der Waals surface area contributed by atoms with Gasteiger partial charge in [-0.2, -0.15) is 4.98 Å². The van der Waals surface area contributed by atoms with E-state index in [2.05, 4.69) is 20.5 Å². The van der Waals surface area contributed by atoms with Crippen molar-refractivity contribution in [2.75, 3.05) is 36.9 Å². The van der Waals surface area contributed by atoms with Crippen LogP contribution in [0.5, 0.6) is 0 Å². The molecule has 2 aromatic rings. The zero-order valence-corrected chi connectivity index (χ0v) is 13.7. The number of aliphatic hydroxyl groups excluding tert-OH is 1. The molecular weight excluding hydrogens is 339 g/mol. The van der Waals surface area contributed by atoms with Crippen LogP contribution < -0.4 is 16.0 Å². The second-order valence-corrected chi connectivity index (χ2v) is 5.97. The van der Waals surface area contributed by atoms with Gasteiger partial charge in [0.2, 0.25) is 5.95 Å². The highest BCUT2D eigenvalue weighted by molar-refractivity contribution is 6.43. The fourth-order valence-electron chi connectivity index (χ4n) is 2.52. The summed E-state index contributed by atoms with van der Waals surface area (Å²) >= 11 is 12.2. The Balaban J connectivity index is 1.96. The summed E-state index contributed by atoms with van der Waals surface area (Å²) in [5, 5.41) is 21.8. The van der Waals surface area contributed by atoms with Crippen molar-refractivity contribution in [2.24, 2.45) is 0 Å². The normalized spacial score (nSPS) is 18.2. The lowest BCUT2D eigenvalue weighted by Crippen LogP contribution is -2.53. The number of hydrogen-bond acceptors (Lipinski definition) is 7. The summed E-state index contributed by atoms with van der Waals surface area (Å²) in [6.45, 7) is 2.10. The van der Waals surface area contributed by atoms with Gasteiger partial charge in [-0.15, -0.1) is 10.2 Å². The molecule has 23 heavy (non-hydrogen) atoms. The first-order chi connectivity index (χ1) is 11.1. The highest BCUT2D eigenvalue weighted by atomic mass is 35.5. The number of aliphatic hydroxyl groups is 1. The minimum atomic E-state index is -0.106. The number of anilines is 2. The molecule has 0 aliphatic carbocycles. The lowest BCUT2D eigenvalue weighted by molar-refractivity contribution is 0.245. The summed E-state index contributed by atoms with van der Waals surface area (Å²) in [5.74, 6) is 0.610. The monoisotopic (exact) mass is 354 g/mol. The third-order valence-electron chi connectivity index (χ3n) is 3.73. The summed E-state index contributed by atoms with van der Waals surface area (Å²) < 4.78 is 0. The summed E-state index contributed by atoms with van der Waals surface area (Å²) in [6, 6.07) is 5.10. The largest absolute Gasteiger partial charge is 0.394 e. The zero-order valence-electron chi connectivity index (χ0n) is 12.2. The van der Waals surface area contributed by atoms with Crippen molar-refractivity contribution in [2.45, 2.75) is 6.04 Å². The molecule has 0 radical (unpaired) electrons. The third kappa shape index (κ3) is 3.18. The van der Waals surface area contributed by atoms with Crippen LogP contribution in [0.15, 0.2) is 18.2 Å². The maximum absolute atomic E-state index is 9.47. The van der Waals surface area contributed by atoms with Crippen LogP contribution in [0.4, 0.5) is 11.8 Å². The van der Waals surface area contributed by atoms with Crippen LogP contribution in [-0.4, -0.2) is 52.6 Å². The van der Waals surface area contributed by atoms with Crippen molar-refractivity contribution in [3.8, 4) is 11.3 Å². The lowest BCUT2D eigenvalue weighted by Gasteiger charge is -2.34. The van der Waals surface area contributed by atoms with Gasteiger partial charge in [-0.1, -0.05) is 35.3 Å². The minimum Gasteiger partial charge on any atom is -0.394 e. The van der Waals surface area contributed by atoms with E-state index in [1.807, 2.05) is 4.90 Å². The average molecular weight is 355 g/mol. The van der Waals surface area contributed by atoms with E-state index in [0.29, 0.717) is 40.3 Å². The number of rotatable bonds is 3. The number of halogens is 2. The Morgan fingerprint density at radius 1 is 1.35 bits per heavy atom. The molecule has 4 N–H and O–H groups in total. The van der Waals surface area contributed by atoms with E-state index in [1.54, 1.807) is 18.2 Å². The second kappa shape index (κ2) is 6.84. The smallest absolute Gasteiger partial charge is 0.247 e. The molecule has 0 amide bonds. The van der Waals surface area contributed by atoms with Crippen molar-refractivity contribution in [3.05, 3.63) is 28.2 Å². The molecule has 1 aromatic carbocycles. The number of nitrogens with one attached hydrogen (secondary N) is 1. The first kappa shape index (κ1) is 16.2. The van der Waals surface area contributed by atoms with Crippen LogP contribution in [0, 0.1) is 0 Å². The van der Waals surface area contributed by atoms with Crippen LogP contribution in [0.2, 0.25) is 10.0 Å². The molecule has 1 saturated heterocycles. The number of benzene rings is 1. The molecule has 0 saturated carbocycles. The van der Waals surface area contributed by atoms with Crippen molar-refractivity contribution in [3.63, 3.8) is 0 Å². The first-order valence-corrected chi connectivity index (χ1v) is 7.90. The van der Waals surface area contributed by atoms with Gasteiger partial charge in [-0.05, 0) is 6.07 Å². The molecule has 2 heterocycles. The summed E-state index contributed by atoms with van der Waals surface area (Å²) in [5.41, 5.74) is 7.02. The fourth-order valence-corrected chi connectivity index (χ4v) is 2.91. The van der Waals surface area contributed by atoms with Crippen LogP contribution in [0.25, 0.3) is 11.3 Å². The van der Waals surface area contributed by atoms with Crippen molar-refractivity contribution in [1.29, 1.82) is 0 Å². The maximum atomic E-state index is 9.47. The number of nitrogen functional groups attached to an aromatic ring is 1. The van der Waals surface area contributed by atoms with Gasteiger partial charge >= 0.3 is 0 Å². The second-order valence-electron chi connectivity index (χ2n) is 5.18. The van der Waals surface area contributed by atoms with Gasteiger partial charge < -0.3 is 21.1 Å². The highest BCUT2D eigenvalue weighted by Crippen LogP contribution is 2.34. The number of nitrogens with zero attached hydrogens (tertiary/aromatic N) is 4. The Labute approximate surface area is 143 Å². The number of nitrogens with two attached hydrogens (primary N) is 1. The van der Waals surface area contributed by atoms with Gasteiger partial charge in [0.1, 0.15) is 5.69 Å². The molecule has 3 rings (SSSR count). The number of piperazine rings is 1. The van der Waals surface area contributed by atoms with Crippen molar-refractivity contribution >= 4 is 35.0 Å². The van der Waals surface area contributed by atoms with E-state index in [0.717, 1.165) is 6.54 Å². The maximum Gasteiger partial charge on any atom is 0.247 e. The topological polar surface area (TPSA) is 100 Å². The molecule has 1 fully saturated rings. The molecule has 1 aliphatic rings. The molecule has 0 unspecified atom stereocenters. The molecule has 1 aliphatic heterocycles. The zero-order chi connectivity index (χ0) is 16.4. The molecule has 7 nitrogen and oxygen atoms in total. The standard InChI is InChI=1S/C14H16Cl2N6O/c15-10-3-1-2-9(11(10)16)12-13(17)19-14(21-20-12)22-5-4-18-6-8(22)7-23/h1-3,8,18,23H,4-7H2,(H2,17,19,21)/t8-/m0/s1. The first-order valence-electron chi connectivity index (χ1n) is 7.14. The van der Waals surface area contributed by atoms with Gasteiger partial charge in [0.05, 0.1) is 22.7 Å². The van der Waals surface area contributed by atoms with Crippen LogP contribution in [0.3, 0.4) is 0 Å². The molecule has 1 atom stereocenters. The Kier molecular flexibility index (Phi) is 4.82. The molecule has 1 aromatic heterocycles. The molecular formula is C14H16Cl2N6O. The van der Waals surface area contributed by atoms with E-state index in [4.69, 9.17) is 28.9 Å². The number of aromatic nitrogens is 3. The fraction of sp³-hybridized carbons (Fsp3) is 0.357. The molecule has 0 spiro atoms.